The van der Waals surface area contributed by atoms with Gasteiger partial charge in [0, 0.05) is 5.92 Å². The lowest BCUT2D eigenvalue weighted by molar-refractivity contribution is -0.121. The molecule has 1 amide bonds. The topological polar surface area (TPSA) is 77.2 Å². The highest BCUT2D eigenvalue weighted by molar-refractivity contribution is 5.89. The van der Waals surface area contributed by atoms with Crippen LogP contribution in [0.25, 0.3) is 0 Å². The smallest absolute Gasteiger partial charge is 0.322 e. The van der Waals surface area contributed by atoms with Crippen molar-refractivity contribution >= 4 is 11.9 Å². The van der Waals surface area contributed by atoms with Crippen molar-refractivity contribution < 1.29 is 13.9 Å². The second-order valence-electron chi connectivity index (χ2n) is 4.75. The van der Waals surface area contributed by atoms with Crippen molar-refractivity contribution in [2.75, 3.05) is 11.9 Å². The van der Waals surface area contributed by atoms with Crippen molar-refractivity contribution in [1.29, 1.82) is 0 Å². The highest BCUT2D eigenvalue weighted by Crippen LogP contribution is 2.39. The number of amides is 1. The third-order valence-electron chi connectivity index (χ3n) is 2.96. The molecule has 0 atom stereocenters. The lowest BCUT2D eigenvalue weighted by Crippen LogP contribution is -2.18. The summed E-state index contributed by atoms with van der Waals surface area (Å²) in [4.78, 5) is 11.6. The Morgan fingerprint density at radius 2 is 2.10 bits per heavy atom. The van der Waals surface area contributed by atoms with Crippen molar-refractivity contribution in [2.24, 2.45) is 0 Å². The molecule has 1 aromatic heterocycles. The van der Waals surface area contributed by atoms with E-state index >= 15 is 0 Å². The molecule has 6 nitrogen and oxygen atoms in total. The van der Waals surface area contributed by atoms with Gasteiger partial charge in [-0.25, -0.2) is 0 Å². The van der Waals surface area contributed by atoms with E-state index < -0.39 is 0 Å². The summed E-state index contributed by atoms with van der Waals surface area (Å²) in [6, 6.07) is 9.81. The van der Waals surface area contributed by atoms with Crippen LogP contribution < -0.4 is 5.32 Å². The molecule has 0 bridgehead atoms. The second kappa shape index (κ2) is 5.83. The zero-order chi connectivity index (χ0) is 13.8. The number of hydrogen-bond acceptors (Lipinski definition) is 5. The summed E-state index contributed by atoms with van der Waals surface area (Å²) in [5.41, 5.74) is 1.02. The number of nitrogens with zero attached hydrogens (tertiary/aromatic N) is 2. The molecule has 1 N–H and O–H groups in total. The number of nitrogens with one attached hydrogen (secondary N) is 1. The molecule has 2 aromatic rings. The fourth-order valence-corrected chi connectivity index (χ4v) is 1.77. The standard InChI is InChI=1S/C14H15N3O3/c18-12(9-19-8-10-4-2-1-3-5-10)15-14-17-16-13(20-14)11-6-7-11/h1-5,11H,6-9H2,(H,15,17,18). The maximum Gasteiger partial charge on any atom is 0.322 e. The van der Waals surface area contributed by atoms with E-state index in [1.54, 1.807) is 0 Å². The van der Waals surface area contributed by atoms with E-state index in [1.165, 1.54) is 0 Å². The third kappa shape index (κ3) is 3.42. The van der Waals surface area contributed by atoms with Gasteiger partial charge in [-0.15, -0.1) is 5.10 Å². The Balaban J connectivity index is 1.42. The lowest BCUT2D eigenvalue weighted by Gasteiger charge is -2.03. The van der Waals surface area contributed by atoms with Crippen LogP contribution in [0.3, 0.4) is 0 Å². The van der Waals surface area contributed by atoms with Gasteiger partial charge in [0.15, 0.2) is 0 Å². The normalized spacial score (nSPS) is 14.2. The minimum absolute atomic E-state index is 0.0456. The maximum absolute atomic E-state index is 11.6. The zero-order valence-corrected chi connectivity index (χ0v) is 10.9. The molecule has 0 unspecified atom stereocenters. The third-order valence-corrected chi connectivity index (χ3v) is 2.96. The van der Waals surface area contributed by atoms with Crippen LogP contribution in [0.4, 0.5) is 6.01 Å². The molecule has 1 aliphatic rings. The van der Waals surface area contributed by atoms with Gasteiger partial charge in [0.1, 0.15) is 6.61 Å². The largest absolute Gasteiger partial charge is 0.408 e. The van der Waals surface area contributed by atoms with Crippen molar-refractivity contribution in [1.82, 2.24) is 10.2 Å². The average Bonchev–Trinajstić information content (AvgIpc) is 3.21. The van der Waals surface area contributed by atoms with Crippen molar-refractivity contribution in [2.45, 2.75) is 25.4 Å². The zero-order valence-electron chi connectivity index (χ0n) is 10.9. The van der Waals surface area contributed by atoms with Crippen LogP contribution in [0.5, 0.6) is 0 Å². The molecule has 0 saturated heterocycles. The summed E-state index contributed by atoms with van der Waals surface area (Å²) in [6.45, 7) is 0.349. The average molecular weight is 273 g/mol. The first-order valence-corrected chi connectivity index (χ1v) is 6.56. The molecule has 1 fully saturated rings. The van der Waals surface area contributed by atoms with Gasteiger partial charge in [0.2, 0.25) is 5.89 Å². The first-order valence-electron chi connectivity index (χ1n) is 6.56. The number of aromatic nitrogens is 2. The van der Waals surface area contributed by atoms with E-state index in [2.05, 4.69) is 15.5 Å². The SMILES string of the molecule is O=C(COCc1ccccc1)Nc1nnc(C2CC2)o1. The Kier molecular flexibility index (Phi) is 3.73. The highest BCUT2D eigenvalue weighted by Gasteiger charge is 2.29. The maximum atomic E-state index is 11.6. The fourth-order valence-electron chi connectivity index (χ4n) is 1.77. The van der Waals surface area contributed by atoms with Gasteiger partial charge in [-0.05, 0) is 18.4 Å². The minimum atomic E-state index is -0.299. The molecule has 6 heteroatoms. The van der Waals surface area contributed by atoms with Gasteiger partial charge in [0.25, 0.3) is 5.91 Å². The van der Waals surface area contributed by atoms with Crippen LogP contribution in [0.1, 0.15) is 30.2 Å². The van der Waals surface area contributed by atoms with Crippen molar-refractivity contribution in [3.63, 3.8) is 0 Å². The van der Waals surface area contributed by atoms with E-state index in [4.69, 9.17) is 9.15 Å². The van der Waals surface area contributed by atoms with E-state index in [1.807, 2.05) is 30.3 Å². The van der Waals surface area contributed by atoms with Crippen LogP contribution in [0, 0.1) is 0 Å². The Morgan fingerprint density at radius 3 is 2.85 bits per heavy atom. The van der Waals surface area contributed by atoms with Gasteiger partial charge in [-0.1, -0.05) is 35.4 Å². The molecule has 3 rings (SSSR count). The number of carbonyl (C=O) groups is 1. The predicted molar refractivity (Wildman–Crippen MR) is 71.0 cm³/mol. The Hall–Kier alpha value is -2.21. The summed E-state index contributed by atoms with van der Waals surface area (Å²) < 4.78 is 10.7. The number of ether oxygens (including phenoxy) is 1. The fraction of sp³-hybridized carbons (Fsp3) is 0.357. The van der Waals surface area contributed by atoms with E-state index in [0.717, 1.165) is 18.4 Å². The van der Waals surface area contributed by atoms with Crippen LogP contribution >= 0.6 is 0 Å². The quantitative estimate of drug-likeness (QED) is 0.872. The highest BCUT2D eigenvalue weighted by atomic mass is 16.5. The predicted octanol–water partition coefficient (Wildman–Crippen LogP) is 2.10. The summed E-state index contributed by atoms with van der Waals surface area (Å²) in [5.74, 6) is 0.680. The van der Waals surface area contributed by atoms with Gasteiger partial charge < -0.3 is 9.15 Å². The number of anilines is 1. The molecule has 1 saturated carbocycles. The Labute approximate surface area is 116 Å². The summed E-state index contributed by atoms with van der Waals surface area (Å²) >= 11 is 0. The van der Waals surface area contributed by atoms with Crippen LogP contribution in [0.15, 0.2) is 34.7 Å². The molecule has 104 valence electrons. The molecular weight excluding hydrogens is 258 g/mol. The van der Waals surface area contributed by atoms with E-state index in [0.29, 0.717) is 18.4 Å². The lowest BCUT2D eigenvalue weighted by atomic mass is 10.2. The number of hydrogen-bond donors (Lipinski definition) is 1. The van der Waals surface area contributed by atoms with Gasteiger partial charge in [-0.3, -0.25) is 10.1 Å². The van der Waals surface area contributed by atoms with Crippen LogP contribution in [-0.4, -0.2) is 22.7 Å². The van der Waals surface area contributed by atoms with Crippen molar-refractivity contribution in [3.05, 3.63) is 41.8 Å². The van der Waals surface area contributed by atoms with Crippen molar-refractivity contribution in [3.8, 4) is 0 Å². The van der Waals surface area contributed by atoms with Crippen LogP contribution in [0.2, 0.25) is 0 Å². The Bertz CT molecular complexity index is 578. The molecular formula is C14H15N3O3. The van der Waals surface area contributed by atoms with E-state index in [9.17, 15) is 4.79 Å². The van der Waals surface area contributed by atoms with Gasteiger partial charge in [-0.2, -0.15) is 0 Å². The number of rotatable bonds is 6. The number of carbonyl (C=O) groups excluding carboxylic acids is 1. The summed E-state index contributed by atoms with van der Waals surface area (Å²) in [6.07, 6.45) is 2.16. The molecule has 1 aromatic carbocycles. The molecule has 1 aliphatic carbocycles. The molecule has 1 heterocycles. The monoisotopic (exact) mass is 273 g/mol. The minimum Gasteiger partial charge on any atom is -0.408 e. The summed E-state index contributed by atoms with van der Waals surface area (Å²) in [5, 5.41) is 10.2. The molecule has 20 heavy (non-hydrogen) atoms. The molecule has 0 spiro atoms. The first kappa shape index (κ1) is 12.8. The molecule has 0 radical (unpaired) electrons. The molecule has 0 aliphatic heterocycles. The summed E-state index contributed by atoms with van der Waals surface area (Å²) in [7, 11) is 0. The van der Waals surface area contributed by atoms with E-state index in [-0.39, 0.29) is 18.5 Å². The van der Waals surface area contributed by atoms with Crippen LogP contribution in [-0.2, 0) is 16.1 Å². The Morgan fingerprint density at radius 1 is 1.30 bits per heavy atom. The first-order chi connectivity index (χ1) is 9.81. The van der Waals surface area contributed by atoms with Gasteiger partial charge >= 0.3 is 6.01 Å². The second-order valence-corrected chi connectivity index (χ2v) is 4.75. The number of benzene rings is 1. The van der Waals surface area contributed by atoms with Gasteiger partial charge in [0.05, 0.1) is 6.61 Å².